The van der Waals surface area contributed by atoms with E-state index >= 15 is 0 Å². The molecule has 0 spiro atoms. The normalized spacial score (nSPS) is 11.5. The van der Waals surface area contributed by atoms with Crippen LogP contribution in [0.1, 0.15) is 0 Å². The van der Waals surface area contributed by atoms with E-state index < -0.39 is 0 Å². The number of thiophene rings is 1. The van der Waals surface area contributed by atoms with Gasteiger partial charge in [0.2, 0.25) is 0 Å². The van der Waals surface area contributed by atoms with Gasteiger partial charge in [-0.15, -0.1) is 11.3 Å². The van der Waals surface area contributed by atoms with Crippen LogP contribution >= 0.6 is 27.3 Å². The van der Waals surface area contributed by atoms with E-state index in [9.17, 15) is 0 Å². The van der Waals surface area contributed by atoms with Gasteiger partial charge in [0.25, 0.3) is 0 Å². The van der Waals surface area contributed by atoms with E-state index in [0.29, 0.717) is 17.5 Å². The van der Waals surface area contributed by atoms with Gasteiger partial charge in [0.15, 0.2) is 17.5 Å². The first-order valence-electron chi connectivity index (χ1n) is 13.6. The number of rotatable bonds is 4. The third-order valence-corrected chi connectivity index (χ3v) is 9.10. The van der Waals surface area contributed by atoms with Gasteiger partial charge in [0, 0.05) is 52.9 Å². The first-order valence-corrected chi connectivity index (χ1v) is 15.2. The summed E-state index contributed by atoms with van der Waals surface area (Å²) >= 11 is 5.54. The number of fused-ring (bicyclic) bond motifs is 4. The highest BCUT2D eigenvalue weighted by Crippen LogP contribution is 2.40. The van der Waals surface area contributed by atoms with E-state index in [1.807, 2.05) is 54.7 Å². The zero-order chi connectivity index (χ0) is 28.0. The Hall–Kier alpha value is -4.78. The Morgan fingerprint density at radius 1 is 0.500 bits per heavy atom. The van der Waals surface area contributed by atoms with Crippen molar-refractivity contribution >= 4 is 58.3 Å². The second kappa shape index (κ2) is 10.2. The first-order chi connectivity index (χ1) is 20.7. The molecule has 0 amide bonds. The van der Waals surface area contributed by atoms with Crippen molar-refractivity contribution in [1.29, 1.82) is 0 Å². The molecule has 0 aliphatic heterocycles. The molecule has 0 aliphatic carbocycles. The van der Waals surface area contributed by atoms with Crippen LogP contribution in [0.2, 0.25) is 0 Å². The fourth-order valence-corrected chi connectivity index (χ4v) is 7.20. The van der Waals surface area contributed by atoms with Crippen molar-refractivity contribution in [2.75, 3.05) is 0 Å². The molecule has 0 fully saturated rings. The second-order valence-corrected chi connectivity index (χ2v) is 12.0. The maximum absolute atomic E-state index is 5.11. The highest BCUT2D eigenvalue weighted by Gasteiger charge is 2.17. The van der Waals surface area contributed by atoms with Gasteiger partial charge in [-0.3, -0.25) is 4.98 Å². The predicted octanol–water partition coefficient (Wildman–Crippen LogP) is 10.2. The SMILES string of the molecule is Brc1cc(-c2nc(-c3ccccc3)nc(-c3cccc4c3sc3ccccc34)n2)cc(-c2cccc3ncccc23)c1. The Bertz CT molecular complexity index is 2270. The molecular weight excluding hydrogens is 600 g/mol. The molecule has 0 aliphatic rings. The lowest BCUT2D eigenvalue weighted by molar-refractivity contribution is 1.08. The summed E-state index contributed by atoms with van der Waals surface area (Å²) in [7, 11) is 0. The van der Waals surface area contributed by atoms with Crippen molar-refractivity contribution in [2.24, 2.45) is 0 Å². The summed E-state index contributed by atoms with van der Waals surface area (Å²) in [5.74, 6) is 1.93. The molecule has 0 unspecified atom stereocenters. The molecule has 0 saturated carbocycles. The molecular formula is C36H21BrN4S. The van der Waals surface area contributed by atoms with Crippen molar-refractivity contribution in [2.45, 2.75) is 0 Å². The lowest BCUT2D eigenvalue weighted by atomic mass is 9.98. The minimum Gasteiger partial charge on any atom is -0.256 e. The number of halogens is 1. The molecule has 5 aromatic carbocycles. The van der Waals surface area contributed by atoms with E-state index in [4.69, 9.17) is 15.0 Å². The van der Waals surface area contributed by atoms with Gasteiger partial charge in [0.05, 0.1) is 5.52 Å². The Balaban J connectivity index is 1.36. The number of aromatic nitrogens is 4. The van der Waals surface area contributed by atoms with Crippen molar-refractivity contribution in [3.63, 3.8) is 0 Å². The van der Waals surface area contributed by atoms with Gasteiger partial charge in [-0.05, 0) is 53.6 Å². The summed E-state index contributed by atoms with van der Waals surface area (Å²) in [5.41, 5.74) is 5.99. The number of benzene rings is 5. The highest BCUT2D eigenvalue weighted by atomic mass is 79.9. The minimum atomic E-state index is 0.623. The molecule has 198 valence electrons. The molecule has 42 heavy (non-hydrogen) atoms. The number of nitrogens with zero attached hydrogens (tertiary/aromatic N) is 4. The lowest BCUT2D eigenvalue weighted by Crippen LogP contribution is -2.00. The van der Waals surface area contributed by atoms with Crippen LogP contribution in [0.5, 0.6) is 0 Å². The minimum absolute atomic E-state index is 0.623. The molecule has 0 radical (unpaired) electrons. The molecule has 4 nitrogen and oxygen atoms in total. The molecule has 0 atom stereocenters. The zero-order valence-corrected chi connectivity index (χ0v) is 24.6. The van der Waals surface area contributed by atoms with Crippen molar-refractivity contribution in [1.82, 2.24) is 19.9 Å². The van der Waals surface area contributed by atoms with Gasteiger partial charge < -0.3 is 0 Å². The number of pyridine rings is 1. The standard InChI is InChI=1S/C36H21BrN4S/c37-25-20-23(26-12-7-16-31-27(26)15-8-18-38-31)19-24(21-25)35-39-34(22-9-2-1-3-10-22)40-36(41-35)30-14-6-13-29-28-11-4-5-17-32(28)42-33(29)30/h1-21H. The Labute approximate surface area is 254 Å². The van der Waals surface area contributed by atoms with Crippen LogP contribution in [0.3, 0.4) is 0 Å². The fraction of sp³-hybridized carbons (Fsp3) is 0. The summed E-state index contributed by atoms with van der Waals surface area (Å²) in [6, 6.07) is 41.7. The van der Waals surface area contributed by atoms with Crippen LogP contribution in [0.15, 0.2) is 132 Å². The van der Waals surface area contributed by atoms with Gasteiger partial charge in [0.1, 0.15) is 0 Å². The Morgan fingerprint density at radius 2 is 1.19 bits per heavy atom. The summed E-state index contributed by atoms with van der Waals surface area (Å²) < 4.78 is 3.37. The number of hydrogen-bond donors (Lipinski definition) is 0. The Kier molecular flexibility index (Phi) is 6.09. The quantitative estimate of drug-likeness (QED) is 0.196. The van der Waals surface area contributed by atoms with E-state index in [0.717, 1.165) is 43.2 Å². The van der Waals surface area contributed by atoms with E-state index in [2.05, 4.69) is 93.7 Å². The monoisotopic (exact) mass is 620 g/mol. The van der Waals surface area contributed by atoms with Crippen LogP contribution in [0.25, 0.3) is 76.4 Å². The van der Waals surface area contributed by atoms with Crippen LogP contribution in [-0.2, 0) is 0 Å². The number of hydrogen-bond acceptors (Lipinski definition) is 5. The van der Waals surface area contributed by atoms with Gasteiger partial charge in [-0.25, -0.2) is 15.0 Å². The maximum Gasteiger partial charge on any atom is 0.165 e. The third-order valence-electron chi connectivity index (χ3n) is 7.43. The maximum atomic E-state index is 5.11. The van der Waals surface area contributed by atoms with Gasteiger partial charge >= 0.3 is 0 Å². The van der Waals surface area contributed by atoms with Crippen LogP contribution in [0, 0.1) is 0 Å². The summed E-state index contributed by atoms with van der Waals surface area (Å²) in [6.45, 7) is 0. The molecule has 8 rings (SSSR count). The Morgan fingerprint density at radius 3 is 2.10 bits per heavy atom. The lowest BCUT2D eigenvalue weighted by Gasteiger charge is -2.12. The summed E-state index contributed by atoms with van der Waals surface area (Å²) in [6.07, 6.45) is 1.83. The topological polar surface area (TPSA) is 51.6 Å². The molecule has 3 heterocycles. The summed E-state index contributed by atoms with van der Waals surface area (Å²) in [4.78, 5) is 19.7. The highest BCUT2D eigenvalue weighted by molar-refractivity contribution is 9.10. The van der Waals surface area contributed by atoms with Crippen LogP contribution < -0.4 is 0 Å². The van der Waals surface area contributed by atoms with Crippen molar-refractivity contribution in [3.8, 4) is 45.3 Å². The van der Waals surface area contributed by atoms with E-state index in [1.165, 1.54) is 20.2 Å². The first kappa shape index (κ1) is 25.0. The predicted molar refractivity (Wildman–Crippen MR) is 177 cm³/mol. The smallest absolute Gasteiger partial charge is 0.165 e. The van der Waals surface area contributed by atoms with Crippen LogP contribution in [-0.4, -0.2) is 19.9 Å². The molecule has 0 N–H and O–H groups in total. The van der Waals surface area contributed by atoms with Crippen molar-refractivity contribution in [3.05, 3.63) is 132 Å². The molecule has 0 bridgehead atoms. The second-order valence-electron chi connectivity index (χ2n) is 10.1. The van der Waals surface area contributed by atoms with Gasteiger partial charge in [-0.2, -0.15) is 0 Å². The van der Waals surface area contributed by atoms with Gasteiger partial charge in [-0.1, -0.05) is 94.8 Å². The molecule has 0 saturated heterocycles. The van der Waals surface area contributed by atoms with E-state index in [1.54, 1.807) is 11.3 Å². The van der Waals surface area contributed by atoms with E-state index in [-0.39, 0.29) is 0 Å². The summed E-state index contributed by atoms with van der Waals surface area (Å²) in [5, 5.41) is 3.56. The zero-order valence-electron chi connectivity index (χ0n) is 22.2. The third kappa shape index (κ3) is 4.36. The van der Waals surface area contributed by atoms with Crippen molar-refractivity contribution < 1.29 is 0 Å². The average molecular weight is 622 g/mol. The molecule has 8 aromatic rings. The largest absolute Gasteiger partial charge is 0.256 e. The van der Waals surface area contributed by atoms with Crippen LogP contribution in [0.4, 0.5) is 0 Å². The molecule has 6 heteroatoms. The fourth-order valence-electron chi connectivity index (χ4n) is 5.49. The average Bonchev–Trinajstić information content (AvgIpc) is 3.43. The molecule has 3 aromatic heterocycles.